The Kier molecular flexibility index (Phi) is 2.47. The SMILES string of the molecule is Nc1cc(-c2c(F)cc(O)c(O)c2Br)on1. The highest BCUT2D eigenvalue weighted by molar-refractivity contribution is 9.10. The third-order valence-corrected chi connectivity index (χ3v) is 2.72. The van der Waals surface area contributed by atoms with Gasteiger partial charge in [-0.3, -0.25) is 0 Å². The molecule has 84 valence electrons. The van der Waals surface area contributed by atoms with Crippen LogP contribution in [-0.4, -0.2) is 15.4 Å². The number of halogens is 2. The van der Waals surface area contributed by atoms with Crippen LogP contribution < -0.4 is 5.73 Å². The lowest BCUT2D eigenvalue weighted by molar-refractivity contribution is 0.395. The van der Waals surface area contributed by atoms with Crippen molar-refractivity contribution < 1.29 is 19.1 Å². The van der Waals surface area contributed by atoms with E-state index in [0.717, 1.165) is 6.07 Å². The molecule has 2 rings (SSSR count). The number of nitrogen functional groups attached to an aromatic ring is 1. The molecule has 0 fully saturated rings. The van der Waals surface area contributed by atoms with Crippen molar-refractivity contribution in [3.63, 3.8) is 0 Å². The number of hydrogen-bond acceptors (Lipinski definition) is 5. The first-order valence-electron chi connectivity index (χ1n) is 4.13. The van der Waals surface area contributed by atoms with Crippen molar-refractivity contribution in [2.24, 2.45) is 0 Å². The molecule has 0 aliphatic heterocycles. The topological polar surface area (TPSA) is 92.5 Å². The summed E-state index contributed by atoms with van der Waals surface area (Å²) < 4.78 is 18.3. The minimum atomic E-state index is -0.765. The number of anilines is 1. The maximum absolute atomic E-state index is 13.6. The second-order valence-electron chi connectivity index (χ2n) is 3.03. The van der Waals surface area contributed by atoms with E-state index >= 15 is 0 Å². The van der Waals surface area contributed by atoms with Gasteiger partial charge in [0.1, 0.15) is 5.82 Å². The van der Waals surface area contributed by atoms with Gasteiger partial charge in [-0.1, -0.05) is 5.16 Å². The van der Waals surface area contributed by atoms with Gasteiger partial charge < -0.3 is 20.5 Å². The first-order chi connectivity index (χ1) is 7.50. The standard InChI is InChI=1S/C9H6BrFN2O3/c10-8-7(5-2-6(12)13-16-5)3(11)1-4(14)9(8)15/h1-2,14-15H,(H2,12,13). The van der Waals surface area contributed by atoms with Crippen LogP contribution in [0.1, 0.15) is 0 Å². The van der Waals surface area contributed by atoms with Gasteiger partial charge >= 0.3 is 0 Å². The molecule has 1 heterocycles. The molecule has 0 spiro atoms. The van der Waals surface area contributed by atoms with Crippen molar-refractivity contribution in [2.75, 3.05) is 5.73 Å². The Labute approximate surface area is 97.4 Å². The summed E-state index contributed by atoms with van der Waals surface area (Å²) in [4.78, 5) is 0. The summed E-state index contributed by atoms with van der Waals surface area (Å²) in [5.41, 5.74) is 5.27. The van der Waals surface area contributed by atoms with Crippen molar-refractivity contribution in [1.82, 2.24) is 5.16 Å². The van der Waals surface area contributed by atoms with Crippen LogP contribution >= 0.6 is 15.9 Å². The van der Waals surface area contributed by atoms with Crippen LogP contribution in [0.15, 0.2) is 21.1 Å². The minimum absolute atomic E-state index is 0.0267. The summed E-state index contributed by atoms with van der Waals surface area (Å²) in [7, 11) is 0. The van der Waals surface area contributed by atoms with E-state index in [-0.39, 0.29) is 21.6 Å². The maximum Gasteiger partial charge on any atom is 0.173 e. The van der Waals surface area contributed by atoms with Gasteiger partial charge in [-0.2, -0.15) is 0 Å². The third kappa shape index (κ3) is 1.58. The molecule has 0 bridgehead atoms. The molecule has 1 aromatic heterocycles. The quantitative estimate of drug-likeness (QED) is 0.700. The Hall–Kier alpha value is -1.76. The van der Waals surface area contributed by atoms with Crippen LogP contribution in [0.25, 0.3) is 11.3 Å². The molecule has 2 aromatic rings. The summed E-state index contributed by atoms with van der Waals surface area (Å²) in [6, 6.07) is 2.08. The van der Waals surface area contributed by atoms with Crippen LogP contribution in [0.5, 0.6) is 11.5 Å². The molecule has 0 unspecified atom stereocenters. The van der Waals surface area contributed by atoms with Gasteiger partial charge in [0.2, 0.25) is 0 Å². The smallest absolute Gasteiger partial charge is 0.173 e. The number of aromatic hydroxyl groups is 2. The normalized spacial score (nSPS) is 10.6. The molecule has 0 atom stereocenters. The van der Waals surface area contributed by atoms with Gasteiger partial charge in [0.05, 0.1) is 10.0 Å². The molecular formula is C9H6BrFN2O3. The molecule has 1 aromatic carbocycles. The van der Waals surface area contributed by atoms with Gasteiger partial charge in [0.25, 0.3) is 0 Å². The van der Waals surface area contributed by atoms with E-state index in [4.69, 9.17) is 15.4 Å². The summed E-state index contributed by atoms with van der Waals surface area (Å²) in [5.74, 6) is -1.67. The highest BCUT2D eigenvalue weighted by Crippen LogP contribution is 2.42. The average molecular weight is 289 g/mol. The van der Waals surface area contributed by atoms with Gasteiger partial charge in [0, 0.05) is 12.1 Å². The first kappa shape index (κ1) is 10.7. The lowest BCUT2D eigenvalue weighted by atomic mass is 10.1. The fourth-order valence-corrected chi connectivity index (χ4v) is 1.82. The molecule has 16 heavy (non-hydrogen) atoms. The zero-order valence-electron chi connectivity index (χ0n) is 7.74. The third-order valence-electron chi connectivity index (χ3n) is 1.95. The van der Waals surface area contributed by atoms with E-state index in [1.54, 1.807) is 0 Å². The highest BCUT2D eigenvalue weighted by atomic mass is 79.9. The predicted molar refractivity (Wildman–Crippen MR) is 57.3 cm³/mol. The van der Waals surface area contributed by atoms with E-state index in [2.05, 4.69) is 21.1 Å². The molecule has 0 saturated carbocycles. The second kappa shape index (κ2) is 3.67. The number of phenols is 2. The van der Waals surface area contributed by atoms with Crippen LogP contribution in [0.4, 0.5) is 10.2 Å². The second-order valence-corrected chi connectivity index (χ2v) is 3.82. The number of benzene rings is 1. The van der Waals surface area contributed by atoms with Crippen molar-refractivity contribution in [3.8, 4) is 22.8 Å². The fraction of sp³-hybridized carbons (Fsp3) is 0. The summed E-state index contributed by atoms with van der Waals surface area (Å²) in [6.45, 7) is 0. The van der Waals surface area contributed by atoms with E-state index < -0.39 is 17.3 Å². The number of nitrogens with zero attached hydrogens (tertiary/aromatic N) is 1. The molecule has 0 aliphatic carbocycles. The average Bonchev–Trinajstić information content (AvgIpc) is 2.61. The molecule has 0 amide bonds. The molecule has 0 aliphatic rings. The molecule has 0 radical (unpaired) electrons. The molecule has 7 heteroatoms. The van der Waals surface area contributed by atoms with Crippen molar-refractivity contribution >= 4 is 21.7 Å². The zero-order chi connectivity index (χ0) is 11.9. The summed E-state index contributed by atoms with van der Waals surface area (Å²) in [5, 5.41) is 22.0. The number of hydrogen-bond donors (Lipinski definition) is 3. The predicted octanol–water partition coefficient (Wildman–Crippen LogP) is 2.24. The molecule has 0 saturated heterocycles. The highest BCUT2D eigenvalue weighted by Gasteiger charge is 2.20. The van der Waals surface area contributed by atoms with Crippen molar-refractivity contribution in [2.45, 2.75) is 0 Å². The van der Waals surface area contributed by atoms with Crippen LogP contribution in [-0.2, 0) is 0 Å². The monoisotopic (exact) mass is 288 g/mol. The number of rotatable bonds is 1. The van der Waals surface area contributed by atoms with Crippen molar-refractivity contribution in [3.05, 3.63) is 22.4 Å². The Morgan fingerprint density at radius 3 is 2.62 bits per heavy atom. The van der Waals surface area contributed by atoms with Crippen LogP contribution in [0.2, 0.25) is 0 Å². The zero-order valence-corrected chi connectivity index (χ0v) is 9.32. The first-order valence-corrected chi connectivity index (χ1v) is 4.92. The number of nitrogens with two attached hydrogens (primary N) is 1. The van der Waals surface area contributed by atoms with Gasteiger partial charge in [0.15, 0.2) is 23.1 Å². The Morgan fingerprint density at radius 1 is 1.38 bits per heavy atom. The summed E-state index contributed by atoms with van der Waals surface area (Å²) >= 11 is 2.95. The Balaban J connectivity index is 2.70. The van der Waals surface area contributed by atoms with E-state index in [9.17, 15) is 9.50 Å². The van der Waals surface area contributed by atoms with E-state index in [1.165, 1.54) is 6.07 Å². The number of aromatic nitrogens is 1. The molecule has 5 nitrogen and oxygen atoms in total. The van der Waals surface area contributed by atoms with Crippen LogP contribution in [0, 0.1) is 5.82 Å². The van der Waals surface area contributed by atoms with Gasteiger partial charge in [-0.25, -0.2) is 4.39 Å². The Morgan fingerprint density at radius 2 is 2.06 bits per heavy atom. The lowest BCUT2D eigenvalue weighted by Gasteiger charge is -2.06. The van der Waals surface area contributed by atoms with E-state index in [0.29, 0.717) is 0 Å². The van der Waals surface area contributed by atoms with Gasteiger partial charge in [-0.05, 0) is 15.9 Å². The van der Waals surface area contributed by atoms with Crippen molar-refractivity contribution in [1.29, 1.82) is 0 Å². The Bertz CT molecular complexity index is 556. The van der Waals surface area contributed by atoms with Crippen LogP contribution in [0.3, 0.4) is 0 Å². The van der Waals surface area contributed by atoms with Gasteiger partial charge in [-0.15, -0.1) is 0 Å². The summed E-state index contributed by atoms with van der Waals surface area (Å²) in [6.07, 6.45) is 0. The maximum atomic E-state index is 13.6. The molecule has 4 N–H and O–H groups in total. The van der Waals surface area contributed by atoms with E-state index in [1.807, 2.05) is 0 Å². The molecular weight excluding hydrogens is 283 g/mol. The number of phenolic OH excluding ortho intramolecular Hbond substituents is 2. The fourth-order valence-electron chi connectivity index (χ4n) is 1.23. The lowest BCUT2D eigenvalue weighted by Crippen LogP contribution is -1.86. The largest absolute Gasteiger partial charge is 0.504 e. The minimum Gasteiger partial charge on any atom is -0.504 e.